The van der Waals surface area contributed by atoms with E-state index >= 15 is 0 Å². The van der Waals surface area contributed by atoms with Gasteiger partial charge in [-0.05, 0) is 0 Å². The van der Waals surface area contributed by atoms with Crippen LogP contribution in [-0.4, -0.2) is 35.7 Å². The summed E-state index contributed by atoms with van der Waals surface area (Å²) in [7, 11) is -1.71. The van der Waals surface area contributed by atoms with Gasteiger partial charge < -0.3 is 0 Å². The van der Waals surface area contributed by atoms with Gasteiger partial charge in [-0.25, -0.2) is 0 Å². The Labute approximate surface area is 188 Å². The van der Waals surface area contributed by atoms with E-state index in [9.17, 15) is 4.79 Å². The van der Waals surface area contributed by atoms with Crippen LogP contribution in [0.3, 0.4) is 0 Å². The van der Waals surface area contributed by atoms with Gasteiger partial charge in [-0.3, -0.25) is 0 Å². The van der Waals surface area contributed by atoms with Crippen LogP contribution >= 0.6 is 7.26 Å². The van der Waals surface area contributed by atoms with Gasteiger partial charge in [0, 0.05) is 0 Å². The zero-order valence-electron chi connectivity index (χ0n) is 20.1. The molecule has 0 aromatic rings. The van der Waals surface area contributed by atoms with Gasteiger partial charge in [0.25, 0.3) is 0 Å². The van der Waals surface area contributed by atoms with Crippen LogP contribution in [-0.2, 0) is 9.53 Å². The first-order valence-electron chi connectivity index (χ1n) is 13.9. The third-order valence-electron chi connectivity index (χ3n) is 9.06. The molecule has 0 aromatic heterocycles. The molecule has 0 saturated heterocycles. The topological polar surface area (TPSA) is 26.3 Å². The first-order chi connectivity index (χ1) is 14.8. The molecule has 3 aliphatic rings. The maximum absolute atomic E-state index is 13.3. The average Bonchev–Trinajstić information content (AvgIpc) is 2.81. The Kier molecular flexibility index (Phi) is 11.0. The molecular formula is C27H51O2P. The zero-order chi connectivity index (χ0) is 21.1. The second kappa shape index (κ2) is 13.4. The molecule has 0 radical (unpaired) electrons. The third kappa shape index (κ3) is 6.70. The monoisotopic (exact) mass is 438 g/mol. The standard InChI is InChI=1S/C27H51O2P/c1-2-3-4-5-15-22-29-27(28)23-30(24-16-9-6-10-17-24,25-18-11-7-12-19-25)26-20-13-8-14-21-26/h24-26,30H,2-23H2,1H3. The number of carbonyl (C=O) groups is 1. The summed E-state index contributed by atoms with van der Waals surface area (Å²) < 4.78 is 5.95. The van der Waals surface area contributed by atoms with Crippen LogP contribution in [0.4, 0.5) is 0 Å². The van der Waals surface area contributed by atoms with E-state index < -0.39 is 7.26 Å². The second-order valence-corrected chi connectivity index (χ2v) is 16.0. The predicted octanol–water partition coefficient (Wildman–Crippen LogP) is 8.25. The molecule has 0 heterocycles. The summed E-state index contributed by atoms with van der Waals surface area (Å²) in [5, 5.41) is 0. The maximum atomic E-state index is 13.3. The summed E-state index contributed by atoms with van der Waals surface area (Å²) in [5.74, 6) is 0.207. The number of hydrogen-bond donors (Lipinski definition) is 0. The fourth-order valence-corrected chi connectivity index (χ4v) is 15.5. The number of hydrogen-bond acceptors (Lipinski definition) is 2. The zero-order valence-corrected chi connectivity index (χ0v) is 21.1. The molecule has 30 heavy (non-hydrogen) atoms. The van der Waals surface area contributed by atoms with Crippen LogP contribution in [0.25, 0.3) is 0 Å². The van der Waals surface area contributed by atoms with Gasteiger partial charge in [0.2, 0.25) is 0 Å². The van der Waals surface area contributed by atoms with Gasteiger partial charge in [-0.2, -0.15) is 0 Å². The Balaban J connectivity index is 1.71. The van der Waals surface area contributed by atoms with Crippen LogP contribution < -0.4 is 0 Å². The third-order valence-corrected chi connectivity index (χ3v) is 16.3. The second-order valence-electron chi connectivity index (χ2n) is 10.9. The number of unbranched alkanes of at least 4 members (excludes halogenated alkanes) is 4. The van der Waals surface area contributed by atoms with Gasteiger partial charge in [0.15, 0.2) is 0 Å². The Morgan fingerprint density at radius 2 is 1.10 bits per heavy atom. The minimum absolute atomic E-state index is 0.207. The Hall–Kier alpha value is -0.100. The van der Waals surface area contributed by atoms with Crippen molar-refractivity contribution in [3.63, 3.8) is 0 Å². The predicted molar refractivity (Wildman–Crippen MR) is 134 cm³/mol. The van der Waals surface area contributed by atoms with E-state index in [2.05, 4.69) is 6.92 Å². The SMILES string of the molecule is CCCCCCCOC(=O)C[PH](C1CCCCC1)(C1CCCCC1)C1CCCCC1. The van der Waals surface area contributed by atoms with Crippen molar-refractivity contribution in [1.29, 1.82) is 0 Å². The van der Waals surface area contributed by atoms with Crippen molar-refractivity contribution < 1.29 is 9.53 Å². The molecule has 0 aliphatic heterocycles. The Morgan fingerprint density at radius 1 is 0.667 bits per heavy atom. The van der Waals surface area contributed by atoms with E-state index in [1.54, 1.807) is 0 Å². The van der Waals surface area contributed by atoms with Crippen LogP contribution in [0, 0.1) is 0 Å². The van der Waals surface area contributed by atoms with Gasteiger partial charge in [-0.1, -0.05) is 0 Å². The van der Waals surface area contributed by atoms with Crippen molar-refractivity contribution in [3.8, 4) is 0 Å². The van der Waals surface area contributed by atoms with Crippen LogP contribution in [0.2, 0.25) is 0 Å². The molecule has 0 bridgehead atoms. The molecule has 0 amide bonds. The molecule has 2 nitrogen and oxygen atoms in total. The summed E-state index contributed by atoms with van der Waals surface area (Å²) in [6.45, 7) is 2.93. The van der Waals surface area contributed by atoms with Crippen molar-refractivity contribution in [2.45, 2.75) is 152 Å². The minimum atomic E-state index is -1.71. The Bertz CT molecular complexity index is 428. The molecular weight excluding hydrogens is 387 g/mol. The van der Waals surface area contributed by atoms with Crippen LogP contribution in [0.1, 0.15) is 135 Å². The summed E-state index contributed by atoms with van der Waals surface area (Å²) in [6, 6.07) is 0. The molecule has 3 rings (SSSR count). The van der Waals surface area contributed by atoms with Gasteiger partial charge in [0.1, 0.15) is 0 Å². The van der Waals surface area contributed by atoms with Crippen molar-refractivity contribution in [2.75, 3.05) is 12.8 Å². The molecule has 0 unspecified atom stereocenters. The van der Waals surface area contributed by atoms with Gasteiger partial charge in [0.05, 0.1) is 0 Å². The number of rotatable bonds is 11. The molecule has 3 aliphatic carbocycles. The molecule has 3 heteroatoms. The summed E-state index contributed by atoms with van der Waals surface area (Å²) in [6.07, 6.45) is 28.5. The van der Waals surface area contributed by atoms with Crippen LogP contribution in [0.15, 0.2) is 0 Å². The number of carbonyl (C=O) groups excluding carboxylic acids is 1. The summed E-state index contributed by atoms with van der Waals surface area (Å²) in [5.41, 5.74) is 2.73. The molecule has 3 saturated carbocycles. The number of esters is 1. The van der Waals surface area contributed by atoms with Crippen molar-refractivity contribution >= 4 is 13.2 Å². The number of ether oxygens (including phenoxy) is 1. The van der Waals surface area contributed by atoms with Crippen LogP contribution in [0.5, 0.6) is 0 Å². The molecule has 0 N–H and O–H groups in total. The van der Waals surface area contributed by atoms with Crippen molar-refractivity contribution in [3.05, 3.63) is 0 Å². The van der Waals surface area contributed by atoms with E-state index in [0.29, 0.717) is 6.61 Å². The Morgan fingerprint density at radius 3 is 1.53 bits per heavy atom. The first kappa shape index (κ1) is 24.5. The molecule has 176 valence electrons. The summed E-state index contributed by atoms with van der Waals surface area (Å²) in [4.78, 5) is 13.3. The fraction of sp³-hybridized carbons (Fsp3) is 0.963. The molecule has 0 spiro atoms. The average molecular weight is 439 g/mol. The normalized spacial score (nSPS) is 23.4. The van der Waals surface area contributed by atoms with Gasteiger partial charge >= 0.3 is 188 Å². The molecule has 0 aromatic carbocycles. The molecule has 3 fully saturated rings. The van der Waals surface area contributed by atoms with E-state index in [-0.39, 0.29) is 5.97 Å². The van der Waals surface area contributed by atoms with Crippen molar-refractivity contribution in [2.24, 2.45) is 0 Å². The quantitative estimate of drug-likeness (QED) is 0.184. The fourth-order valence-electron chi connectivity index (χ4n) is 7.55. The van der Waals surface area contributed by atoms with Gasteiger partial charge in [-0.15, -0.1) is 0 Å². The van der Waals surface area contributed by atoms with E-state index in [1.165, 1.54) is 122 Å². The molecule has 0 atom stereocenters. The van der Waals surface area contributed by atoms with E-state index in [1.807, 2.05) is 0 Å². The van der Waals surface area contributed by atoms with Crippen molar-refractivity contribution in [1.82, 2.24) is 0 Å². The summed E-state index contributed by atoms with van der Waals surface area (Å²) >= 11 is 0. The van der Waals surface area contributed by atoms with E-state index in [4.69, 9.17) is 4.74 Å². The van der Waals surface area contributed by atoms with E-state index in [0.717, 1.165) is 29.6 Å². The first-order valence-corrected chi connectivity index (χ1v) is 16.4.